The Morgan fingerprint density at radius 1 is 1.04 bits per heavy atom. The molecule has 0 saturated heterocycles. The van der Waals surface area contributed by atoms with Crippen molar-refractivity contribution in [2.75, 3.05) is 19.5 Å². The molecule has 0 unspecified atom stereocenters. The minimum absolute atomic E-state index is 0.286. The molecule has 2 heterocycles. The first-order valence-corrected chi connectivity index (χ1v) is 7.05. The summed E-state index contributed by atoms with van der Waals surface area (Å²) in [7, 11) is 3.06. The average Bonchev–Trinajstić information content (AvgIpc) is 3.16. The van der Waals surface area contributed by atoms with Gasteiger partial charge in [0.1, 0.15) is 30.0 Å². The fraction of sp³-hybridized carbons (Fsp3) is 0.125. The van der Waals surface area contributed by atoms with Gasteiger partial charge in [0.2, 0.25) is 0 Å². The number of carbonyl (C=O) groups excluding carboxylic acids is 1. The van der Waals surface area contributed by atoms with Gasteiger partial charge in [-0.25, -0.2) is 4.98 Å². The molecule has 0 radical (unpaired) electrons. The highest BCUT2D eigenvalue weighted by molar-refractivity contribution is 6.04. The maximum atomic E-state index is 12.4. The van der Waals surface area contributed by atoms with Crippen molar-refractivity contribution >= 4 is 11.6 Å². The summed E-state index contributed by atoms with van der Waals surface area (Å²) in [6.45, 7) is 0. The molecule has 0 spiro atoms. The fourth-order valence-electron chi connectivity index (χ4n) is 2.07. The van der Waals surface area contributed by atoms with Crippen molar-refractivity contribution in [3.8, 4) is 17.3 Å². The van der Waals surface area contributed by atoms with Crippen LogP contribution in [0.4, 0.5) is 5.69 Å². The van der Waals surface area contributed by atoms with E-state index in [1.807, 2.05) is 0 Å². The first-order valence-electron chi connectivity index (χ1n) is 7.05. The smallest absolute Gasteiger partial charge is 0.255 e. The van der Waals surface area contributed by atoms with E-state index in [1.54, 1.807) is 53.8 Å². The Labute approximate surface area is 138 Å². The third kappa shape index (κ3) is 3.32. The van der Waals surface area contributed by atoms with E-state index in [9.17, 15) is 4.79 Å². The van der Waals surface area contributed by atoms with Gasteiger partial charge in [-0.15, -0.1) is 10.2 Å². The second-order valence-corrected chi connectivity index (χ2v) is 4.83. The van der Waals surface area contributed by atoms with Crippen LogP contribution in [-0.4, -0.2) is 39.9 Å². The minimum Gasteiger partial charge on any atom is -0.497 e. The quantitative estimate of drug-likeness (QED) is 0.771. The average molecular weight is 325 g/mol. The molecule has 1 amide bonds. The molecule has 8 nitrogen and oxygen atoms in total. The van der Waals surface area contributed by atoms with E-state index in [1.165, 1.54) is 14.2 Å². The number of pyridine rings is 1. The van der Waals surface area contributed by atoms with Gasteiger partial charge in [0, 0.05) is 11.6 Å². The van der Waals surface area contributed by atoms with Crippen LogP contribution in [-0.2, 0) is 0 Å². The summed E-state index contributed by atoms with van der Waals surface area (Å²) in [4.78, 5) is 16.6. The molecule has 1 aromatic carbocycles. The number of amides is 1. The lowest BCUT2D eigenvalue weighted by Gasteiger charge is -2.09. The van der Waals surface area contributed by atoms with Crippen LogP contribution >= 0.6 is 0 Å². The number of anilines is 1. The Hall–Kier alpha value is -3.42. The molecule has 0 atom stereocenters. The molecular formula is C16H15N5O3. The highest BCUT2D eigenvalue weighted by Gasteiger charge is 2.10. The van der Waals surface area contributed by atoms with Gasteiger partial charge in [0.05, 0.1) is 26.1 Å². The lowest BCUT2D eigenvalue weighted by atomic mass is 10.2. The van der Waals surface area contributed by atoms with E-state index >= 15 is 0 Å². The number of carbonyl (C=O) groups is 1. The monoisotopic (exact) mass is 325 g/mol. The molecule has 0 aliphatic carbocycles. The minimum atomic E-state index is -0.286. The lowest BCUT2D eigenvalue weighted by Crippen LogP contribution is -2.12. The van der Waals surface area contributed by atoms with Crippen LogP contribution in [0.1, 0.15) is 10.4 Å². The van der Waals surface area contributed by atoms with Crippen LogP contribution < -0.4 is 14.8 Å². The van der Waals surface area contributed by atoms with Crippen molar-refractivity contribution in [1.82, 2.24) is 19.7 Å². The van der Waals surface area contributed by atoms with Crippen LogP contribution in [0, 0.1) is 0 Å². The first kappa shape index (κ1) is 15.5. The van der Waals surface area contributed by atoms with Crippen molar-refractivity contribution in [2.24, 2.45) is 0 Å². The van der Waals surface area contributed by atoms with E-state index in [0.717, 1.165) is 0 Å². The van der Waals surface area contributed by atoms with E-state index < -0.39 is 0 Å². The number of ether oxygens (including phenoxy) is 2. The molecular weight excluding hydrogens is 310 g/mol. The Morgan fingerprint density at radius 3 is 2.25 bits per heavy atom. The third-order valence-electron chi connectivity index (χ3n) is 3.30. The summed E-state index contributed by atoms with van der Waals surface area (Å²) >= 11 is 0. The molecule has 0 aliphatic rings. The van der Waals surface area contributed by atoms with Crippen molar-refractivity contribution in [3.05, 3.63) is 54.7 Å². The number of hydrogen-bond donors (Lipinski definition) is 1. The zero-order valence-corrected chi connectivity index (χ0v) is 13.1. The van der Waals surface area contributed by atoms with Gasteiger partial charge < -0.3 is 14.8 Å². The molecule has 8 heteroatoms. The van der Waals surface area contributed by atoms with Gasteiger partial charge in [-0.2, -0.15) is 0 Å². The molecule has 24 heavy (non-hydrogen) atoms. The molecule has 1 N–H and O–H groups in total. The van der Waals surface area contributed by atoms with Crippen LogP contribution in [0.5, 0.6) is 11.5 Å². The normalized spacial score (nSPS) is 10.2. The molecule has 0 aliphatic heterocycles. The number of nitrogens with one attached hydrogen (secondary N) is 1. The van der Waals surface area contributed by atoms with Gasteiger partial charge in [-0.3, -0.25) is 9.36 Å². The largest absolute Gasteiger partial charge is 0.497 e. The summed E-state index contributed by atoms with van der Waals surface area (Å²) in [5.41, 5.74) is 0.993. The molecule has 3 aromatic rings. The predicted molar refractivity (Wildman–Crippen MR) is 86.7 cm³/mol. The topological polar surface area (TPSA) is 91.2 Å². The molecule has 2 aromatic heterocycles. The van der Waals surface area contributed by atoms with Crippen LogP contribution in [0.25, 0.3) is 5.82 Å². The van der Waals surface area contributed by atoms with E-state index in [2.05, 4.69) is 20.5 Å². The SMILES string of the molecule is COc1cc(OC)cc(C(=O)Nc2ccc(-n3cnnc3)nc2)c1. The van der Waals surface area contributed by atoms with Crippen LogP contribution in [0.2, 0.25) is 0 Å². The number of nitrogens with zero attached hydrogens (tertiary/aromatic N) is 4. The highest BCUT2D eigenvalue weighted by atomic mass is 16.5. The predicted octanol–water partition coefficient (Wildman–Crippen LogP) is 1.93. The van der Waals surface area contributed by atoms with Gasteiger partial charge in [-0.1, -0.05) is 0 Å². The molecule has 0 fully saturated rings. The number of hydrogen-bond acceptors (Lipinski definition) is 6. The van der Waals surface area contributed by atoms with Gasteiger partial charge in [-0.05, 0) is 24.3 Å². The molecule has 0 bridgehead atoms. The van der Waals surface area contributed by atoms with Gasteiger partial charge in [0.15, 0.2) is 0 Å². The second kappa shape index (κ2) is 6.78. The number of aromatic nitrogens is 4. The van der Waals surface area contributed by atoms with E-state index in [-0.39, 0.29) is 5.91 Å². The molecule has 0 saturated carbocycles. The van der Waals surface area contributed by atoms with Crippen molar-refractivity contribution in [1.29, 1.82) is 0 Å². The summed E-state index contributed by atoms with van der Waals surface area (Å²) in [6, 6.07) is 8.47. The maximum absolute atomic E-state index is 12.4. The number of methoxy groups -OCH3 is 2. The van der Waals surface area contributed by atoms with Crippen molar-refractivity contribution in [2.45, 2.75) is 0 Å². The van der Waals surface area contributed by atoms with Gasteiger partial charge in [0.25, 0.3) is 5.91 Å². The Balaban J connectivity index is 1.77. The Kier molecular flexibility index (Phi) is 4.37. The van der Waals surface area contributed by atoms with E-state index in [4.69, 9.17) is 9.47 Å². The van der Waals surface area contributed by atoms with E-state index in [0.29, 0.717) is 28.6 Å². The van der Waals surface area contributed by atoms with Crippen LogP contribution in [0.3, 0.4) is 0 Å². The fourth-order valence-corrected chi connectivity index (χ4v) is 2.07. The maximum Gasteiger partial charge on any atom is 0.255 e. The lowest BCUT2D eigenvalue weighted by molar-refractivity contribution is 0.102. The zero-order valence-electron chi connectivity index (χ0n) is 13.1. The summed E-state index contributed by atoms with van der Waals surface area (Å²) in [5.74, 6) is 1.45. The summed E-state index contributed by atoms with van der Waals surface area (Å²) in [5, 5.41) is 10.2. The standard InChI is InChI=1S/C16H15N5O3/c1-23-13-5-11(6-14(7-13)24-2)16(22)20-12-3-4-15(17-8-12)21-9-18-19-10-21/h3-10H,1-2H3,(H,20,22). The number of rotatable bonds is 5. The summed E-state index contributed by atoms with van der Waals surface area (Å²) in [6.07, 6.45) is 4.65. The second-order valence-electron chi connectivity index (χ2n) is 4.83. The van der Waals surface area contributed by atoms with Crippen LogP contribution in [0.15, 0.2) is 49.2 Å². The number of benzene rings is 1. The third-order valence-corrected chi connectivity index (χ3v) is 3.30. The summed E-state index contributed by atoms with van der Waals surface area (Å²) < 4.78 is 12.0. The Bertz CT molecular complexity index is 809. The molecule has 3 rings (SSSR count). The van der Waals surface area contributed by atoms with Crippen molar-refractivity contribution in [3.63, 3.8) is 0 Å². The van der Waals surface area contributed by atoms with Crippen molar-refractivity contribution < 1.29 is 14.3 Å². The molecule has 122 valence electrons. The Morgan fingerprint density at radius 2 is 1.71 bits per heavy atom. The van der Waals surface area contributed by atoms with Gasteiger partial charge >= 0.3 is 0 Å². The highest BCUT2D eigenvalue weighted by Crippen LogP contribution is 2.23. The zero-order chi connectivity index (χ0) is 16.9. The first-order chi connectivity index (χ1) is 11.7.